The summed E-state index contributed by atoms with van der Waals surface area (Å²) in [7, 11) is 0. The van der Waals surface area contributed by atoms with E-state index in [1.165, 1.54) is 0 Å². The van der Waals surface area contributed by atoms with E-state index in [1.54, 1.807) is 11.8 Å². The molecule has 0 radical (unpaired) electrons. The number of nitrogens with one attached hydrogen (secondary N) is 1. The van der Waals surface area contributed by atoms with Crippen LogP contribution in [0.5, 0.6) is 0 Å². The van der Waals surface area contributed by atoms with Gasteiger partial charge in [-0.2, -0.15) is 0 Å². The highest BCUT2D eigenvalue weighted by Gasteiger charge is 2.16. The second kappa shape index (κ2) is 3.50. The maximum Gasteiger partial charge on any atom is 0.252 e. The fourth-order valence-electron chi connectivity index (χ4n) is 1.28. The minimum Gasteiger partial charge on any atom is -0.321 e. The quantitative estimate of drug-likeness (QED) is 0.705. The molecule has 1 aliphatic heterocycles. The van der Waals surface area contributed by atoms with E-state index in [4.69, 9.17) is 0 Å². The van der Waals surface area contributed by atoms with E-state index in [9.17, 15) is 4.79 Å². The number of para-hydroxylation sites is 1. The number of carbonyl (C=O) groups excluding carboxylic acids is 1. The van der Waals surface area contributed by atoms with Crippen molar-refractivity contribution in [2.45, 2.75) is 18.7 Å². The van der Waals surface area contributed by atoms with Crippen molar-refractivity contribution in [3.8, 4) is 0 Å². The third kappa shape index (κ3) is 1.55. The molecule has 0 aliphatic carbocycles. The Bertz CT molecular complexity index is 423. The Labute approximate surface area is 87.4 Å². The molecule has 3 heteroatoms. The maximum absolute atomic E-state index is 11.6. The zero-order valence-electron chi connectivity index (χ0n) is 8.13. The third-order valence-electron chi connectivity index (χ3n) is 2.27. The van der Waals surface area contributed by atoms with Gasteiger partial charge in [-0.15, -0.1) is 0 Å². The summed E-state index contributed by atoms with van der Waals surface area (Å²) < 4.78 is 0. The normalized spacial score (nSPS) is 16.0. The highest BCUT2D eigenvalue weighted by molar-refractivity contribution is 8.03. The van der Waals surface area contributed by atoms with E-state index in [1.807, 2.05) is 38.1 Å². The first-order valence-corrected chi connectivity index (χ1v) is 5.26. The molecule has 2 nitrogen and oxygen atoms in total. The second-order valence-corrected chi connectivity index (χ2v) is 4.49. The molecule has 0 fully saturated rings. The Balaban J connectivity index is 2.50. The molecule has 0 bridgehead atoms. The SMILES string of the molecule is CC1=C(C)C(=O)Nc2ccccc2S1. The van der Waals surface area contributed by atoms with Crippen molar-refractivity contribution >= 4 is 23.4 Å². The van der Waals surface area contributed by atoms with E-state index >= 15 is 0 Å². The van der Waals surface area contributed by atoms with Gasteiger partial charge in [0.25, 0.3) is 5.91 Å². The van der Waals surface area contributed by atoms with Gasteiger partial charge in [0, 0.05) is 10.5 Å². The van der Waals surface area contributed by atoms with E-state index in [0.29, 0.717) is 0 Å². The van der Waals surface area contributed by atoms with Gasteiger partial charge in [-0.05, 0) is 30.9 Å². The smallest absolute Gasteiger partial charge is 0.252 e. The predicted octanol–water partition coefficient (Wildman–Crippen LogP) is 3.02. The van der Waals surface area contributed by atoms with Crippen molar-refractivity contribution < 1.29 is 4.79 Å². The molecule has 0 spiro atoms. The Morgan fingerprint density at radius 1 is 1.21 bits per heavy atom. The molecule has 1 aromatic carbocycles. The standard InChI is InChI=1S/C11H11NOS/c1-7-8(2)14-10-6-4-3-5-9(10)12-11(7)13/h3-6H,1-2H3,(H,12,13). The summed E-state index contributed by atoms with van der Waals surface area (Å²) in [6, 6.07) is 7.84. The number of hydrogen-bond donors (Lipinski definition) is 1. The van der Waals surface area contributed by atoms with E-state index in [-0.39, 0.29) is 5.91 Å². The predicted molar refractivity (Wildman–Crippen MR) is 59.3 cm³/mol. The van der Waals surface area contributed by atoms with E-state index in [2.05, 4.69) is 5.32 Å². The number of benzene rings is 1. The summed E-state index contributed by atoms with van der Waals surface area (Å²) in [6.07, 6.45) is 0. The van der Waals surface area contributed by atoms with Gasteiger partial charge < -0.3 is 5.32 Å². The molecule has 0 saturated carbocycles. The number of allylic oxidation sites excluding steroid dienone is 1. The summed E-state index contributed by atoms with van der Waals surface area (Å²) in [5, 5.41) is 2.88. The van der Waals surface area contributed by atoms with Crippen molar-refractivity contribution in [3.63, 3.8) is 0 Å². The molecule has 14 heavy (non-hydrogen) atoms. The van der Waals surface area contributed by atoms with Crippen molar-refractivity contribution in [1.29, 1.82) is 0 Å². The average molecular weight is 205 g/mol. The molecule has 1 aliphatic rings. The highest BCUT2D eigenvalue weighted by Crippen LogP contribution is 2.36. The minimum atomic E-state index is -0.0000463. The van der Waals surface area contributed by atoms with Crippen LogP contribution in [0.2, 0.25) is 0 Å². The number of amides is 1. The second-order valence-electron chi connectivity index (χ2n) is 3.23. The molecule has 2 rings (SSSR count). The number of carbonyl (C=O) groups is 1. The molecule has 1 aromatic rings. The van der Waals surface area contributed by atoms with Crippen LogP contribution >= 0.6 is 11.8 Å². The molecule has 0 saturated heterocycles. The Kier molecular flexibility index (Phi) is 2.33. The first-order valence-electron chi connectivity index (χ1n) is 4.44. The van der Waals surface area contributed by atoms with E-state index < -0.39 is 0 Å². The van der Waals surface area contributed by atoms with Crippen molar-refractivity contribution in [2.75, 3.05) is 5.32 Å². The fraction of sp³-hybridized carbons (Fsp3) is 0.182. The van der Waals surface area contributed by atoms with Gasteiger partial charge in [0.2, 0.25) is 0 Å². The van der Waals surface area contributed by atoms with Crippen molar-refractivity contribution in [3.05, 3.63) is 34.7 Å². The van der Waals surface area contributed by atoms with Gasteiger partial charge in [0.1, 0.15) is 0 Å². The van der Waals surface area contributed by atoms with Gasteiger partial charge in [0.15, 0.2) is 0 Å². The van der Waals surface area contributed by atoms with Gasteiger partial charge in [0.05, 0.1) is 5.69 Å². The highest BCUT2D eigenvalue weighted by atomic mass is 32.2. The molecular weight excluding hydrogens is 194 g/mol. The summed E-state index contributed by atoms with van der Waals surface area (Å²) in [6.45, 7) is 3.82. The number of thioether (sulfide) groups is 1. The number of rotatable bonds is 0. The number of fused-ring (bicyclic) bond motifs is 1. The Morgan fingerprint density at radius 3 is 2.71 bits per heavy atom. The van der Waals surface area contributed by atoms with Gasteiger partial charge >= 0.3 is 0 Å². The molecule has 1 amide bonds. The monoisotopic (exact) mass is 205 g/mol. The molecule has 0 unspecified atom stereocenters. The number of anilines is 1. The van der Waals surface area contributed by atoms with Gasteiger partial charge in [-0.3, -0.25) is 4.79 Å². The van der Waals surface area contributed by atoms with Crippen LogP contribution < -0.4 is 5.32 Å². The van der Waals surface area contributed by atoms with Crippen LogP contribution in [-0.4, -0.2) is 5.91 Å². The zero-order valence-corrected chi connectivity index (χ0v) is 8.94. The first-order chi connectivity index (χ1) is 6.68. The minimum absolute atomic E-state index is 0.0000463. The van der Waals surface area contributed by atoms with Crippen LogP contribution in [0.3, 0.4) is 0 Å². The molecule has 72 valence electrons. The van der Waals surface area contributed by atoms with Crippen molar-refractivity contribution in [2.24, 2.45) is 0 Å². The Hall–Kier alpha value is -1.22. The zero-order chi connectivity index (χ0) is 10.1. The summed E-state index contributed by atoms with van der Waals surface area (Å²) in [4.78, 5) is 13.8. The lowest BCUT2D eigenvalue weighted by atomic mass is 10.2. The lowest BCUT2D eigenvalue weighted by Crippen LogP contribution is -2.12. The average Bonchev–Trinajstić information content (AvgIpc) is 2.28. The van der Waals surface area contributed by atoms with Crippen LogP contribution in [0.25, 0.3) is 0 Å². The fourth-order valence-corrected chi connectivity index (χ4v) is 2.23. The van der Waals surface area contributed by atoms with Gasteiger partial charge in [-0.25, -0.2) is 0 Å². The molecule has 1 heterocycles. The van der Waals surface area contributed by atoms with Crippen LogP contribution in [0.1, 0.15) is 13.8 Å². The van der Waals surface area contributed by atoms with Crippen molar-refractivity contribution in [1.82, 2.24) is 0 Å². The summed E-state index contributed by atoms with van der Waals surface area (Å²) in [5.41, 5.74) is 1.70. The van der Waals surface area contributed by atoms with Crippen LogP contribution in [0.15, 0.2) is 39.6 Å². The lowest BCUT2D eigenvalue weighted by molar-refractivity contribution is -0.112. The molecular formula is C11H11NOS. The molecule has 1 N–H and O–H groups in total. The topological polar surface area (TPSA) is 29.1 Å². The largest absolute Gasteiger partial charge is 0.321 e. The maximum atomic E-state index is 11.6. The summed E-state index contributed by atoms with van der Waals surface area (Å²) in [5.74, 6) is -0.0000463. The lowest BCUT2D eigenvalue weighted by Gasteiger charge is -2.04. The van der Waals surface area contributed by atoms with Crippen LogP contribution in [0.4, 0.5) is 5.69 Å². The van der Waals surface area contributed by atoms with Gasteiger partial charge in [-0.1, -0.05) is 23.9 Å². The number of hydrogen-bond acceptors (Lipinski definition) is 2. The Morgan fingerprint density at radius 2 is 1.93 bits per heavy atom. The molecule has 0 aromatic heterocycles. The van der Waals surface area contributed by atoms with Crippen LogP contribution in [0, 0.1) is 0 Å². The van der Waals surface area contributed by atoms with E-state index in [0.717, 1.165) is 21.1 Å². The first kappa shape index (κ1) is 9.34. The summed E-state index contributed by atoms with van der Waals surface area (Å²) >= 11 is 1.64. The third-order valence-corrected chi connectivity index (χ3v) is 3.46. The van der Waals surface area contributed by atoms with Crippen LogP contribution in [-0.2, 0) is 4.79 Å². The molecule has 0 atom stereocenters.